The quantitative estimate of drug-likeness (QED) is 0.825. The van der Waals surface area contributed by atoms with Crippen LogP contribution >= 0.6 is 11.6 Å². The number of halogens is 1. The van der Waals surface area contributed by atoms with Crippen molar-refractivity contribution in [3.05, 3.63) is 54.6 Å². The molecule has 0 unspecified atom stereocenters. The fourth-order valence-corrected chi connectivity index (χ4v) is 1.59. The molecule has 18 heavy (non-hydrogen) atoms. The van der Waals surface area contributed by atoms with Crippen molar-refractivity contribution in [1.29, 1.82) is 0 Å². The van der Waals surface area contributed by atoms with E-state index in [1.54, 1.807) is 0 Å². The maximum absolute atomic E-state index is 11.1. The van der Waals surface area contributed by atoms with Crippen LogP contribution in [0.1, 0.15) is 0 Å². The molecule has 0 aliphatic carbocycles. The van der Waals surface area contributed by atoms with Gasteiger partial charge in [-0.25, -0.2) is 0 Å². The summed E-state index contributed by atoms with van der Waals surface area (Å²) in [4.78, 5) is 11.1. The summed E-state index contributed by atoms with van der Waals surface area (Å²) in [5, 5.41) is 5.94. The van der Waals surface area contributed by atoms with E-state index in [0.717, 1.165) is 17.1 Å². The number of amides is 1. The molecule has 0 atom stereocenters. The number of hydrogen-bond acceptors (Lipinski definition) is 2. The minimum atomic E-state index is -0.208. The highest BCUT2D eigenvalue weighted by molar-refractivity contribution is 6.29. The Kier molecular flexibility index (Phi) is 4.20. The van der Waals surface area contributed by atoms with E-state index in [-0.39, 0.29) is 11.8 Å². The summed E-state index contributed by atoms with van der Waals surface area (Å²) in [5.41, 5.74) is 2.72. The minimum absolute atomic E-state index is 0.0377. The summed E-state index contributed by atoms with van der Waals surface area (Å²) in [5.74, 6) is -0.246. The largest absolute Gasteiger partial charge is 0.356 e. The average molecular weight is 261 g/mol. The predicted molar refractivity (Wildman–Crippen MR) is 75.5 cm³/mol. The van der Waals surface area contributed by atoms with Crippen molar-refractivity contribution in [2.75, 3.05) is 16.5 Å². The maximum atomic E-state index is 11.1. The molecule has 0 fully saturated rings. The highest BCUT2D eigenvalue weighted by atomic mass is 35.5. The van der Waals surface area contributed by atoms with Gasteiger partial charge in [0, 0.05) is 17.1 Å². The van der Waals surface area contributed by atoms with Gasteiger partial charge in [0.1, 0.15) is 5.88 Å². The highest BCUT2D eigenvalue weighted by Crippen LogP contribution is 2.18. The second-order valence-electron chi connectivity index (χ2n) is 3.75. The fraction of sp³-hybridized carbons (Fsp3) is 0.0714. The zero-order chi connectivity index (χ0) is 12.8. The number of nitrogens with one attached hydrogen (secondary N) is 2. The molecule has 2 N–H and O–H groups in total. The lowest BCUT2D eigenvalue weighted by atomic mass is 10.2. The van der Waals surface area contributed by atoms with E-state index in [1.807, 2.05) is 54.6 Å². The van der Waals surface area contributed by atoms with Gasteiger partial charge in [-0.05, 0) is 36.4 Å². The van der Waals surface area contributed by atoms with Gasteiger partial charge in [0.25, 0.3) is 0 Å². The molecular formula is C14H13ClN2O. The predicted octanol–water partition coefficient (Wildman–Crippen LogP) is 3.61. The third kappa shape index (κ3) is 3.50. The van der Waals surface area contributed by atoms with Crippen molar-refractivity contribution in [2.24, 2.45) is 0 Å². The third-order valence-corrected chi connectivity index (χ3v) is 2.60. The van der Waals surface area contributed by atoms with Crippen molar-refractivity contribution in [3.8, 4) is 0 Å². The average Bonchev–Trinajstić information content (AvgIpc) is 2.42. The lowest BCUT2D eigenvalue weighted by Crippen LogP contribution is -2.12. The van der Waals surface area contributed by atoms with Gasteiger partial charge in [-0.3, -0.25) is 4.79 Å². The van der Waals surface area contributed by atoms with E-state index in [4.69, 9.17) is 11.6 Å². The molecule has 1 amide bonds. The number of benzene rings is 2. The van der Waals surface area contributed by atoms with Crippen molar-refractivity contribution in [1.82, 2.24) is 0 Å². The smallest absolute Gasteiger partial charge is 0.239 e. The molecule has 92 valence electrons. The van der Waals surface area contributed by atoms with E-state index in [9.17, 15) is 4.79 Å². The topological polar surface area (TPSA) is 41.1 Å². The van der Waals surface area contributed by atoms with Crippen molar-refractivity contribution < 1.29 is 4.79 Å². The molecule has 0 heterocycles. The van der Waals surface area contributed by atoms with Gasteiger partial charge in [0.15, 0.2) is 0 Å². The Balaban J connectivity index is 2.02. The number of carbonyl (C=O) groups is 1. The van der Waals surface area contributed by atoms with E-state index < -0.39 is 0 Å². The number of carbonyl (C=O) groups excluding carboxylic acids is 1. The van der Waals surface area contributed by atoms with Crippen LogP contribution in [0.5, 0.6) is 0 Å². The second-order valence-corrected chi connectivity index (χ2v) is 4.02. The normalized spacial score (nSPS) is 9.83. The van der Waals surface area contributed by atoms with Crippen molar-refractivity contribution in [3.63, 3.8) is 0 Å². The number of para-hydroxylation sites is 1. The molecule has 0 aromatic heterocycles. The van der Waals surface area contributed by atoms with Crippen molar-refractivity contribution in [2.45, 2.75) is 0 Å². The zero-order valence-corrected chi connectivity index (χ0v) is 10.4. The first-order chi connectivity index (χ1) is 8.78. The van der Waals surface area contributed by atoms with Crippen LogP contribution in [0.2, 0.25) is 0 Å². The Morgan fingerprint density at radius 1 is 0.889 bits per heavy atom. The van der Waals surface area contributed by atoms with Gasteiger partial charge in [-0.1, -0.05) is 18.2 Å². The molecule has 2 aromatic carbocycles. The van der Waals surface area contributed by atoms with Gasteiger partial charge < -0.3 is 10.6 Å². The maximum Gasteiger partial charge on any atom is 0.239 e. The Morgan fingerprint density at radius 2 is 1.44 bits per heavy atom. The van der Waals surface area contributed by atoms with Crippen LogP contribution in [-0.4, -0.2) is 11.8 Å². The van der Waals surface area contributed by atoms with Crippen LogP contribution in [0.25, 0.3) is 0 Å². The molecular weight excluding hydrogens is 248 g/mol. The summed E-state index contributed by atoms with van der Waals surface area (Å²) in [6.45, 7) is 0. The lowest BCUT2D eigenvalue weighted by Gasteiger charge is -2.07. The van der Waals surface area contributed by atoms with Crippen molar-refractivity contribution >= 4 is 34.6 Å². The monoisotopic (exact) mass is 260 g/mol. The first-order valence-electron chi connectivity index (χ1n) is 5.56. The van der Waals surface area contributed by atoms with Crippen LogP contribution < -0.4 is 10.6 Å². The van der Waals surface area contributed by atoms with Gasteiger partial charge in [0.05, 0.1) is 0 Å². The lowest BCUT2D eigenvalue weighted by molar-refractivity contribution is -0.113. The van der Waals surface area contributed by atoms with Crippen LogP contribution in [0.15, 0.2) is 54.6 Å². The summed E-state index contributed by atoms with van der Waals surface area (Å²) in [6.07, 6.45) is 0. The molecule has 0 saturated heterocycles. The molecule has 0 bridgehead atoms. The van der Waals surface area contributed by atoms with Gasteiger partial charge in [-0.15, -0.1) is 11.6 Å². The number of alkyl halides is 1. The van der Waals surface area contributed by atoms with Crippen LogP contribution in [-0.2, 0) is 4.79 Å². The Labute approximate surface area is 111 Å². The van der Waals surface area contributed by atoms with Gasteiger partial charge in [-0.2, -0.15) is 0 Å². The molecule has 3 nitrogen and oxygen atoms in total. The van der Waals surface area contributed by atoms with E-state index in [0.29, 0.717) is 0 Å². The zero-order valence-electron chi connectivity index (χ0n) is 9.69. The summed E-state index contributed by atoms with van der Waals surface area (Å²) in [6, 6.07) is 17.3. The molecule has 2 rings (SSSR count). The molecule has 0 aliphatic rings. The number of rotatable bonds is 4. The summed E-state index contributed by atoms with van der Waals surface area (Å²) >= 11 is 5.42. The fourth-order valence-electron chi connectivity index (χ4n) is 1.52. The number of anilines is 3. The SMILES string of the molecule is O=C(CCl)Nc1ccc(Nc2ccccc2)cc1. The molecule has 2 aromatic rings. The Morgan fingerprint density at radius 3 is 2.06 bits per heavy atom. The first-order valence-corrected chi connectivity index (χ1v) is 6.09. The molecule has 4 heteroatoms. The van der Waals surface area contributed by atoms with Crippen LogP contribution in [0, 0.1) is 0 Å². The van der Waals surface area contributed by atoms with E-state index >= 15 is 0 Å². The standard InChI is InChI=1S/C14H13ClN2O/c15-10-14(18)17-13-8-6-12(7-9-13)16-11-4-2-1-3-5-11/h1-9,16H,10H2,(H,17,18). The second kappa shape index (κ2) is 6.07. The number of hydrogen-bond donors (Lipinski definition) is 2. The van der Waals surface area contributed by atoms with Gasteiger partial charge >= 0.3 is 0 Å². The van der Waals surface area contributed by atoms with Crippen LogP contribution in [0.4, 0.5) is 17.1 Å². The minimum Gasteiger partial charge on any atom is -0.356 e. The van der Waals surface area contributed by atoms with E-state index in [1.165, 1.54) is 0 Å². The van der Waals surface area contributed by atoms with E-state index in [2.05, 4.69) is 10.6 Å². The van der Waals surface area contributed by atoms with Crippen LogP contribution in [0.3, 0.4) is 0 Å². The van der Waals surface area contributed by atoms with Gasteiger partial charge in [0.2, 0.25) is 5.91 Å². The Bertz CT molecular complexity index is 511. The molecule has 0 aliphatic heterocycles. The highest BCUT2D eigenvalue weighted by Gasteiger charge is 1.99. The molecule has 0 spiro atoms. The molecule has 0 saturated carbocycles. The third-order valence-electron chi connectivity index (χ3n) is 2.35. The molecule has 0 radical (unpaired) electrons. The summed E-state index contributed by atoms with van der Waals surface area (Å²) < 4.78 is 0. The first kappa shape index (κ1) is 12.5. The summed E-state index contributed by atoms with van der Waals surface area (Å²) in [7, 11) is 0. The Hall–Kier alpha value is -2.00.